The van der Waals surface area contributed by atoms with E-state index in [1.54, 1.807) is 34.1 Å². The molecule has 1 heterocycles. The van der Waals surface area contributed by atoms with Crippen molar-refractivity contribution in [1.29, 1.82) is 5.26 Å². The minimum Gasteiger partial charge on any atom is -0.325 e. The molecule has 0 N–H and O–H groups in total. The van der Waals surface area contributed by atoms with Gasteiger partial charge in [0.2, 0.25) is 5.91 Å². The molecule has 1 unspecified atom stereocenters. The van der Waals surface area contributed by atoms with Crippen LogP contribution in [-0.2, 0) is 4.79 Å². The van der Waals surface area contributed by atoms with E-state index in [-0.39, 0.29) is 24.4 Å². The van der Waals surface area contributed by atoms with Crippen LogP contribution in [0.1, 0.15) is 28.4 Å². The fourth-order valence-electron chi connectivity index (χ4n) is 2.95. The van der Waals surface area contributed by atoms with Crippen LogP contribution in [0.15, 0.2) is 48.5 Å². The second kappa shape index (κ2) is 6.78. The van der Waals surface area contributed by atoms with Crippen LogP contribution in [0.2, 0.25) is 0 Å². The van der Waals surface area contributed by atoms with Crippen LogP contribution in [0.4, 0.5) is 5.69 Å². The maximum atomic E-state index is 12.7. The van der Waals surface area contributed by atoms with Crippen molar-refractivity contribution in [3.05, 3.63) is 65.2 Å². The maximum Gasteiger partial charge on any atom is 0.254 e. The summed E-state index contributed by atoms with van der Waals surface area (Å²) in [6, 6.07) is 16.2. The summed E-state index contributed by atoms with van der Waals surface area (Å²) in [4.78, 5) is 28.6. The van der Waals surface area contributed by atoms with Gasteiger partial charge < -0.3 is 9.80 Å². The molecule has 3 rings (SSSR count). The summed E-state index contributed by atoms with van der Waals surface area (Å²) >= 11 is 0. The van der Waals surface area contributed by atoms with Gasteiger partial charge in [0.1, 0.15) is 6.54 Å². The summed E-state index contributed by atoms with van der Waals surface area (Å²) in [5.74, 6) is -0.280. The normalized spacial score (nSPS) is 17.3. The van der Waals surface area contributed by atoms with Crippen molar-refractivity contribution in [3.63, 3.8) is 0 Å². The smallest absolute Gasteiger partial charge is 0.254 e. The minimum atomic E-state index is -0.186. The Bertz CT molecular complexity index is 835. The summed E-state index contributed by atoms with van der Waals surface area (Å²) in [6.07, 6.45) is 0. The van der Waals surface area contributed by atoms with E-state index >= 15 is 0 Å². The number of amides is 2. The Labute approximate surface area is 147 Å². The molecule has 0 aromatic heterocycles. The molecule has 1 fully saturated rings. The molecule has 2 amide bonds. The van der Waals surface area contributed by atoms with E-state index < -0.39 is 0 Å². The summed E-state index contributed by atoms with van der Waals surface area (Å²) in [5.41, 5.74) is 2.99. The monoisotopic (exact) mass is 333 g/mol. The van der Waals surface area contributed by atoms with Crippen molar-refractivity contribution < 1.29 is 9.59 Å². The highest BCUT2D eigenvalue weighted by atomic mass is 16.2. The van der Waals surface area contributed by atoms with Crippen molar-refractivity contribution in [1.82, 2.24) is 4.90 Å². The first-order chi connectivity index (χ1) is 12.0. The first-order valence-corrected chi connectivity index (χ1v) is 8.18. The lowest BCUT2D eigenvalue weighted by atomic mass is 10.1. The second-order valence-corrected chi connectivity index (χ2v) is 6.31. The molecule has 25 heavy (non-hydrogen) atoms. The van der Waals surface area contributed by atoms with Gasteiger partial charge in [0.05, 0.1) is 11.6 Å². The zero-order valence-corrected chi connectivity index (χ0v) is 14.3. The van der Waals surface area contributed by atoms with Crippen LogP contribution in [0, 0.1) is 18.3 Å². The topological polar surface area (TPSA) is 64.4 Å². The molecule has 1 atom stereocenters. The van der Waals surface area contributed by atoms with Gasteiger partial charge >= 0.3 is 0 Å². The fourth-order valence-corrected chi connectivity index (χ4v) is 2.95. The van der Waals surface area contributed by atoms with Crippen LogP contribution < -0.4 is 4.90 Å². The highest BCUT2D eigenvalue weighted by Crippen LogP contribution is 2.22. The van der Waals surface area contributed by atoms with Crippen molar-refractivity contribution in [2.24, 2.45) is 0 Å². The number of hydrogen-bond acceptors (Lipinski definition) is 3. The Morgan fingerprint density at radius 1 is 1.12 bits per heavy atom. The number of nitriles is 1. The molecule has 0 radical (unpaired) electrons. The molecule has 0 saturated carbocycles. The molecular formula is C20H19N3O2. The predicted octanol–water partition coefficient (Wildman–Crippen LogP) is 2.74. The van der Waals surface area contributed by atoms with Crippen LogP contribution >= 0.6 is 0 Å². The number of hydrogen-bond donors (Lipinski definition) is 0. The van der Waals surface area contributed by atoms with Gasteiger partial charge in [-0.1, -0.05) is 17.7 Å². The third-order valence-electron chi connectivity index (χ3n) is 4.45. The molecule has 0 bridgehead atoms. The highest BCUT2D eigenvalue weighted by molar-refractivity contribution is 6.02. The third kappa shape index (κ3) is 3.38. The molecule has 126 valence electrons. The molecule has 1 saturated heterocycles. The van der Waals surface area contributed by atoms with E-state index in [4.69, 9.17) is 5.26 Å². The summed E-state index contributed by atoms with van der Waals surface area (Å²) in [6.45, 7) is 4.45. The van der Waals surface area contributed by atoms with Crippen molar-refractivity contribution >= 4 is 17.5 Å². The number of nitrogens with zero attached hydrogens (tertiary/aromatic N) is 3. The molecular weight excluding hydrogens is 314 g/mol. The van der Waals surface area contributed by atoms with E-state index in [2.05, 4.69) is 0 Å². The van der Waals surface area contributed by atoms with Crippen LogP contribution in [0.5, 0.6) is 0 Å². The van der Waals surface area contributed by atoms with Crippen molar-refractivity contribution in [2.45, 2.75) is 19.9 Å². The van der Waals surface area contributed by atoms with Crippen molar-refractivity contribution in [2.75, 3.05) is 18.0 Å². The fraction of sp³-hybridized carbons (Fsp3) is 0.250. The zero-order chi connectivity index (χ0) is 18.0. The van der Waals surface area contributed by atoms with E-state index in [0.29, 0.717) is 17.7 Å². The van der Waals surface area contributed by atoms with Crippen molar-refractivity contribution in [3.8, 4) is 6.07 Å². The predicted molar refractivity (Wildman–Crippen MR) is 95.2 cm³/mol. The van der Waals surface area contributed by atoms with Crippen LogP contribution in [0.25, 0.3) is 0 Å². The summed E-state index contributed by atoms with van der Waals surface area (Å²) in [7, 11) is 0. The average Bonchev–Trinajstić information content (AvgIpc) is 2.63. The highest BCUT2D eigenvalue weighted by Gasteiger charge is 2.33. The second-order valence-electron chi connectivity index (χ2n) is 6.31. The molecule has 0 spiro atoms. The van der Waals surface area contributed by atoms with Gasteiger partial charge in [-0.3, -0.25) is 9.59 Å². The van der Waals surface area contributed by atoms with Gasteiger partial charge in [0, 0.05) is 23.8 Å². The van der Waals surface area contributed by atoms with Crippen LogP contribution in [0.3, 0.4) is 0 Å². The molecule has 5 heteroatoms. The number of aryl methyl sites for hydroxylation is 1. The summed E-state index contributed by atoms with van der Waals surface area (Å²) < 4.78 is 0. The number of rotatable bonds is 2. The van der Waals surface area contributed by atoms with Gasteiger partial charge in [-0.25, -0.2) is 0 Å². The molecule has 1 aliphatic heterocycles. The molecule has 1 aliphatic rings. The van der Waals surface area contributed by atoms with Gasteiger partial charge in [0.25, 0.3) is 5.91 Å². The SMILES string of the molecule is Cc1ccc(N2CC(C)N(C(=O)c3ccc(C#N)cc3)CC2=O)cc1. The molecule has 2 aromatic rings. The van der Waals surface area contributed by atoms with Gasteiger partial charge in [-0.2, -0.15) is 5.26 Å². The quantitative estimate of drug-likeness (QED) is 0.849. The van der Waals surface area contributed by atoms with E-state index in [1.165, 1.54) is 0 Å². The lowest BCUT2D eigenvalue weighted by Crippen LogP contribution is -2.57. The van der Waals surface area contributed by atoms with E-state index in [1.807, 2.05) is 44.2 Å². The van der Waals surface area contributed by atoms with Gasteiger partial charge in [-0.15, -0.1) is 0 Å². The number of piperazine rings is 1. The van der Waals surface area contributed by atoms with Crippen LogP contribution in [-0.4, -0.2) is 35.8 Å². The molecule has 5 nitrogen and oxygen atoms in total. The summed E-state index contributed by atoms with van der Waals surface area (Å²) in [5, 5.41) is 8.85. The average molecular weight is 333 g/mol. The molecule has 2 aromatic carbocycles. The Morgan fingerprint density at radius 2 is 1.76 bits per heavy atom. The number of carbonyl (C=O) groups excluding carboxylic acids is 2. The molecule has 0 aliphatic carbocycles. The first-order valence-electron chi connectivity index (χ1n) is 8.18. The standard InChI is InChI=1S/C20H19N3O2/c1-14-3-9-18(10-4-14)23-12-15(2)22(13-19(23)24)20(25)17-7-5-16(11-21)6-8-17/h3-10,15H,12-13H2,1-2H3. The third-order valence-corrected chi connectivity index (χ3v) is 4.45. The lowest BCUT2D eigenvalue weighted by Gasteiger charge is -2.39. The van der Waals surface area contributed by atoms with E-state index in [9.17, 15) is 9.59 Å². The number of anilines is 1. The Kier molecular flexibility index (Phi) is 4.53. The Hall–Kier alpha value is -3.13. The lowest BCUT2D eigenvalue weighted by molar-refractivity contribution is -0.121. The van der Waals surface area contributed by atoms with E-state index in [0.717, 1.165) is 11.3 Å². The first kappa shape index (κ1) is 16.7. The maximum absolute atomic E-state index is 12.7. The zero-order valence-electron chi connectivity index (χ0n) is 14.3. The Morgan fingerprint density at radius 3 is 2.36 bits per heavy atom. The Balaban J connectivity index is 1.77. The number of carbonyl (C=O) groups is 2. The van der Waals surface area contributed by atoms with Gasteiger partial charge in [0.15, 0.2) is 0 Å². The van der Waals surface area contributed by atoms with Gasteiger partial charge in [-0.05, 0) is 50.2 Å². The minimum absolute atomic E-state index is 0.0495. The largest absolute Gasteiger partial charge is 0.325 e. The number of benzene rings is 2.